The van der Waals surface area contributed by atoms with E-state index >= 15 is 0 Å². The molecule has 0 saturated carbocycles. The lowest BCUT2D eigenvalue weighted by atomic mass is 9.68. The van der Waals surface area contributed by atoms with Crippen LogP contribution in [0.15, 0.2) is 71.2 Å². The van der Waals surface area contributed by atoms with Crippen molar-refractivity contribution < 1.29 is 14.3 Å². The lowest BCUT2D eigenvalue weighted by Gasteiger charge is -2.45. The number of rotatable bonds is 3. The molecule has 2 atom stereocenters. The number of methoxy groups -OCH3 is 2. The molecule has 0 fully saturated rings. The number of ether oxygens (including phenoxy) is 2. The third-order valence-electron chi connectivity index (χ3n) is 7.19. The second-order valence-corrected chi connectivity index (χ2v) is 10.1. The predicted molar refractivity (Wildman–Crippen MR) is 138 cm³/mol. The molecule has 0 aromatic heterocycles. The first kappa shape index (κ1) is 22.7. The minimum Gasteiger partial charge on any atom is -0.496 e. The van der Waals surface area contributed by atoms with E-state index < -0.39 is 5.41 Å². The van der Waals surface area contributed by atoms with Gasteiger partial charge >= 0.3 is 6.09 Å². The molecule has 174 valence electrons. The third-order valence-corrected chi connectivity index (χ3v) is 7.93. The number of amides is 1. The fourth-order valence-corrected chi connectivity index (χ4v) is 6.23. The lowest BCUT2D eigenvalue weighted by Crippen LogP contribution is -2.54. The standard InChI is InChI=1S/C29H28BrNO3/c1-18-7-5-9-20(13-18)21-16-29(22-10-6-8-19(2)14-22)26(31(17-21)28(32)34-4)15-23-24(30)11-12-25(33-3)27(23)29/h5-14,16,26H,15,17H2,1-4H3/t26-,29+/m0/s1. The summed E-state index contributed by atoms with van der Waals surface area (Å²) in [5.74, 6) is 0.828. The van der Waals surface area contributed by atoms with E-state index in [1.807, 2.05) is 17.0 Å². The number of halogens is 1. The molecule has 1 aliphatic carbocycles. The highest BCUT2D eigenvalue weighted by molar-refractivity contribution is 9.10. The number of fused-ring (bicyclic) bond motifs is 3. The maximum atomic E-state index is 13.2. The van der Waals surface area contributed by atoms with Crippen molar-refractivity contribution in [1.29, 1.82) is 0 Å². The van der Waals surface area contributed by atoms with Gasteiger partial charge in [-0.2, -0.15) is 0 Å². The first-order valence-electron chi connectivity index (χ1n) is 11.5. The Morgan fingerprint density at radius 3 is 2.44 bits per heavy atom. The fraction of sp³-hybridized carbons (Fsp3) is 0.276. The minimum absolute atomic E-state index is 0.141. The minimum atomic E-state index is -0.581. The van der Waals surface area contributed by atoms with E-state index in [9.17, 15) is 4.79 Å². The highest BCUT2D eigenvalue weighted by Gasteiger charge is 2.55. The van der Waals surface area contributed by atoms with E-state index in [1.165, 1.54) is 23.8 Å². The summed E-state index contributed by atoms with van der Waals surface area (Å²) in [7, 11) is 3.17. The summed E-state index contributed by atoms with van der Waals surface area (Å²) in [5, 5.41) is 0. The third kappa shape index (κ3) is 3.45. The van der Waals surface area contributed by atoms with Crippen LogP contribution in [0.2, 0.25) is 0 Å². The quantitative estimate of drug-likeness (QED) is 0.400. The number of benzene rings is 3. The molecular formula is C29H28BrNO3. The topological polar surface area (TPSA) is 38.8 Å². The Kier molecular flexibility index (Phi) is 5.76. The second kappa shape index (κ2) is 8.62. The highest BCUT2D eigenvalue weighted by Crippen LogP contribution is 2.56. The molecule has 0 radical (unpaired) electrons. The SMILES string of the molecule is COC(=O)N1CC(c2cccc(C)c2)=C[C@]2(c3cccc(C)c3)c3c(OC)ccc(Br)c3C[C@H]12. The maximum Gasteiger partial charge on any atom is 0.410 e. The average molecular weight is 518 g/mol. The molecule has 0 bridgehead atoms. The Morgan fingerprint density at radius 1 is 1.03 bits per heavy atom. The molecule has 0 unspecified atom stereocenters. The number of carbonyl (C=O) groups excluding carboxylic acids is 1. The molecule has 1 aliphatic heterocycles. The van der Waals surface area contributed by atoms with Crippen molar-refractivity contribution in [1.82, 2.24) is 4.90 Å². The second-order valence-electron chi connectivity index (χ2n) is 9.20. The Bertz CT molecular complexity index is 1310. The van der Waals surface area contributed by atoms with Gasteiger partial charge in [-0.05, 0) is 54.7 Å². The van der Waals surface area contributed by atoms with Crippen molar-refractivity contribution in [2.24, 2.45) is 0 Å². The van der Waals surface area contributed by atoms with Gasteiger partial charge in [0.2, 0.25) is 0 Å². The first-order valence-corrected chi connectivity index (χ1v) is 12.2. The van der Waals surface area contributed by atoms with E-state index in [2.05, 4.69) is 84.4 Å². The maximum absolute atomic E-state index is 13.2. The van der Waals surface area contributed by atoms with Crippen LogP contribution in [0.5, 0.6) is 5.75 Å². The molecule has 3 aromatic rings. The van der Waals surface area contributed by atoms with Crippen molar-refractivity contribution in [3.8, 4) is 5.75 Å². The van der Waals surface area contributed by atoms with Crippen molar-refractivity contribution in [2.45, 2.75) is 31.7 Å². The zero-order valence-corrected chi connectivity index (χ0v) is 21.5. The van der Waals surface area contributed by atoms with Crippen LogP contribution < -0.4 is 4.74 Å². The summed E-state index contributed by atoms with van der Waals surface area (Å²) in [4.78, 5) is 15.1. The smallest absolute Gasteiger partial charge is 0.410 e. The predicted octanol–water partition coefficient (Wildman–Crippen LogP) is 6.45. The summed E-state index contributed by atoms with van der Waals surface area (Å²) in [5.41, 5.74) is 7.41. The Hall–Kier alpha value is -3.05. The molecule has 3 aromatic carbocycles. The van der Waals surface area contributed by atoms with Gasteiger partial charge < -0.3 is 9.47 Å². The molecular weight excluding hydrogens is 490 g/mol. The zero-order valence-electron chi connectivity index (χ0n) is 19.9. The van der Waals surface area contributed by atoms with E-state index in [1.54, 1.807) is 7.11 Å². The summed E-state index contributed by atoms with van der Waals surface area (Å²) in [6.45, 7) is 4.69. The molecule has 34 heavy (non-hydrogen) atoms. The molecule has 0 saturated heterocycles. The highest BCUT2D eigenvalue weighted by atomic mass is 79.9. The summed E-state index contributed by atoms with van der Waals surface area (Å²) >= 11 is 3.79. The van der Waals surface area contributed by atoms with Gasteiger partial charge in [-0.3, -0.25) is 4.90 Å². The van der Waals surface area contributed by atoms with Gasteiger partial charge in [0.1, 0.15) is 5.75 Å². The Morgan fingerprint density at radius 2 is 1.76 bits per heavy atom. The van der Waals surface area contributed by atoms with Gasteiger partial charge in [-0.15, -0.1) is 0 Å². The molecule has 4 nitrogen and oxygen atoms in total. The molecule has 1 amide bonds. The number of nitrogens with zero attached hydrogens (tertiary/aromatic N) is 1. The fourth-order valence-electron chi connectivity index (χ4n) is 5.73. The van der Waals surface area contributed by atoms with Gasteiger partial charge in [0, 0.05) is 16.6 Å². The van der Waals surface area contributed by atoms with Gasteiger partial charge in [-0.25, -0.2) is 4.79 Å². The van der Waals surface area contributed by atoms with Crippen LogP contribution in [0, 0.1) is 13.8 Å². The largest absolute Gasteiger partial charge is 0.496 e. The van der Waals surface area contributed by atoms with Crippen molar-refractivity contribution in [2.75, 3.05) is 20.8 Å². The summed E-state index contributed by atoms with van der Waals surface area (Å²) in [6, 6.07) is 21.0. The van der Waals surface area contributed by atoms with Crippen LogP contribution >= 0.6 is 15.9 Å². The van der Waals surface area contributed by atoms with E-state index in [0.29, 0.717) is 13.0 Å². The van der Waals surface area contributed by atoms with E-state index in [-0.39, 0.29) is 12.1 Å². The zero-order chi connectivity index (χ0) is 24.0. The monoisotopic (exact) mass is 517 g/mol. The normalized spacial score (nSPS) is 20.9. The number of aryl methyl sites for hydroxylation is 2. The molecule has 1 heterocycles. The lowest BCUT2D eigenvalue weighted by molar-refractivity contribution is 0.0997. The molecule has 5 heteroatoms. The Balaban J connectivity index is 1.89. The van der Waals surface area contributed by atoms with Crippen LogP contribution in [0.4, 0.5) is 4.79 Å². The summed E-state index contributed by atoms with van der Waals surface area (Å²) in [6.07, 6.45) is 2.76. The van der Waals surface area contributed by atoms with Crippen LogP contribution in [-0.4, -0.2) is 37.8 Å². The van der Waals surface area contributed by atoms with Gasteiger partial charge in [-0.1, -0.05) is 81.7 Å². The van der Waals surface area contributed by atoms with Crippen LogP contribution in [0.25, 0.3) is 5.57 Å². The van der Waals surface area contributed by atoms with E-state index in [4.69, 9.17) is 9.47 Å². The molecule has 0 N–H and O–H groups in total. The van der Waals surface area contributed by atoms with Crippen molar-refractivity contribution in [3.05, 3.63) is 105 Å². The van der Waals surface area contributed by atoms with E-state index in [0.717, 1.165) is 32.5 Å². The van der Waals surface area contributed by atoms with Crippen LogP contribution in [0.1, 0.15) is 33.4 Å². The van der Waals surface area contributed by atoms with Crippen molar-refractivity contribution >= 4 is 27.6 Å². The van der Waals surface area contributed by atoms with Crippen molar-refractivity contribution in [3.63, 3.8) is 0 Å². The molecule has 5 rings (SSSR count). The summed E-state index contributed by atoms with van der Waals surface area (Å²) < 4.78 is 12.3. The average Bonchev–Trinajstić information content (AvgIpc) is 3.21. The first-order chi connectivity index (χ1) is 16.4. The molecule has 0 spiro atoms. The number of carbonyl (C=O) groups is 1. The van der Waals surface area contributed by atoms with Gasteiger partial charge in [0.25, 0.3) is 0 Å². The Labute approximate surface area is 209 Å². The number of hydrogen-bond donors (Lipinski definition) is 0. The van der Waals surface area contributed by atoms with Gasteiger partial charge in [0.15, 0.2) is 0 Å². The molecule has 2 aliphatic rings. The number of hydrogen-bond acceptors (Lipinski definition) is 3. The van der Waals surface area contributed by atoms with Crippen LogP contribution in [-0.2, 0) is 16.6 Å². The van der Waals surface area contributed by atoms with Gasteiger partial charge in [0.05, 0.1) is 25.7 Å². The van der Waals surface area contributed by atoms with Crippen LogP contribution in [0.3, 0.4) is 0 Å².